The maximum absolute atomic E-state index is 12.3. The fraction of sp³-hybridized carbons (Fsp3) is 0.640. The lowest BCUT2D eigenvalue weighted by Crippen LogP contribution is -2.49. The molecule has 0 aromatic heterocycles. The molecule has 0 saturated heterocycles. The van der Waals surface area contributed by atoms with Gasteiger partial charge in [0, 0.05) is 37.4 Å². The van der Waals surface area contributed by atoms with E-state index in [1.165, 1.54) is 0 Å². The molecule has 10 nitrogen and oxygen atoms in total. The van der Waals surface area contributed by atoms with Crippen LogP contribution in [-0.2, 0) is 11.2 Å². The third-order valence-corrected chi connectivity index (χ3v) is 5.84. The largest absolute Gasteiger partial charge is 0.508 e. The number of nitrogens with one attached hydrogen (secondary N) is 4. The molecule has 0 unspecified atom stereocenters. The first-order chi connectivity index (χ1) is 16.4. The topological polar surface area (TPSA) is 127 Å². The van der Waals surface area contributed by atoms with E-state index in [9.17, 15) is 9.90 Å². The summed E-state index contributed by atoms with van der Waals surface area (Å²) < 4.78 is 6.28. The number of aromatic hydroxyl groups is 1. The number of benzene rings is 1. The van der Waals surface area contributed by atoms with Gasteiger partial charge in [0.2, 0.25) is 0 Å². The van der Waals surface area contributed by atoms with E-state index < -0.39 is 0 Å². The van der Waals surface area contributed by atoms with Gasteiger partial charge in [-0.15, -0.1) is 5.53 Å². The summed E-state index contributed by atoms with van der Waals surface area (Å²) in [4.78, 5) is 14.4. The third-order valence-electron chi connectivity index (χ3n) is 5.84. The molecule has 1 aliphatic rings. The number of phenolic OH excluding ortho intramolecular Hbond substituents is 1. The highest BCUT2D eigenvalue weighted by atomic mass is 16.5. The van der Waals surface area contributed by atoms with Crippen molar-refractivity contribution in [2.24, 2.45) is 5.73 Å². The quantitative estimate of drug-likeness (QED) is 0.232. The van der Waals surface area contributed by atoms with E-state index in [0.29, 0.717) is 32.6 Å². The molecule has 7 N–H and O–H groups in total. The third kappa shape index (κ3) is 10.7. The van der Waals surface area contributed by atoms with Crippen LogP contribution in [-0.4, -0.2) is 78.6 Å². The van der Waals surface area contributed by atoms with Crippen LogP contribution in [0.4, 0.5) is 4.79 Å². The minimum absolute atomic E-state index is 0.141. The number of carbonyl (C=O) groups excluding carboxylic acids is 1. The molecule has 2 rings (SSSR count). The minimum atomic E-state index is -0.374. The van der Waals surface area contributed by atoms with Crippen molar-refractivity contribution in [3.05, 3.63) is 41.7 Å². The van der Waals surface area contributed by atoms with Gasteiger partial charge in [-0.05, 0) is 78.9 Å². The number of nitrogens with zero attached hydrogens (tertiary/aromatic N) is 2. The molecule has 0 bridgehead atoms. The van der Waals surface area contributed by atoms with E-state index in [0.717, 1.165) is 24.1 Å². The van der Waals surface area contributed by atoms with Gasteiger partial charge in [-0.1, -0.05) is 12.1 Å². The Morgan fingerprint density at radius 1 is 1.17 bits per heavy atom. The first-order valence-electron chi connectivity index (χ1n) is 12.2. The molecule has 1 aromatic carbocycles. The summed E-state index contributed by atoms with van der Waals surface area (Å²) >= 11 is 0. The predicted molar refractivity (Wildman–Crippen MR) is 139 cm³/mol. The molecule has 1 heterocycles. The minimum Gasteiger partial charge on any atom is -0.508 e. The van der Waals surface area contributed by atoms with Gasteiger partial charge in [-0.3, -0.25) is 5.01 Å². The Morgan fingerprint density at radius 2 is 1.86 bits per heavy atom. The van der Waals surface area contributed by atoms with Crippen LogP contribution >= 0.6 is 0 Å². The van der Waals surface area contributed by atoms with E-state index in [4.69, 9.17) is 10.5 Å². The van der Waals surface area contributed by atoms with Crippen LogP contribution in [0.2, 0.25) is 0 Å². The zero-order valence-electron chi connectivity index (χ0n) is 22.1. The first-order valence-corrected chi connectivity index (χ1v) is 12.2. The number of likely N-dealkylation sites (N-methyl/N-ethyl adjacent to an activating group) is 1. The van der Waals surface area contributed by atoms with Gasteiger partial charge in [0.15, 0.2) is 0 Å². The van der Waals surface area contributed by atoms with Gasteiger partial charge in [0.25, 0.3) is 0 Å². The number of rotatable bonds is 14. The highest BCUT2D eigenvalue weighted by Gasteiger charge is 2.31. The Balaban J connectivity index is 1.72. The van der Waals surface area contributed by atoms with Crippen LogP contribution < -0.4 is 27.3 Å². The Kier molecular flexibility index (Phi) is 10.6. The second kappa shape index (κ2) is 13.0. The van der Waals surface area contributed by atoms with Crippen molar-refractivity contribution in [3.63, 3.8) is 0 Å². The zero-order valence-corrected chi connectivity index (χ0v) is 22.1. The van der Waals surface area contributed by atoms with Gasteiger partial charge >= 0.3 is 6.03 Å². The average molecular weight is 492 g/mol. The molecule has 0 radical (unpaired) electrons. The summed E-state index contributed by atoms with van der Waals surface area (Å²) in [6, 6.07) is 7.12. The fourth-order valence-corrected chi connectivity index (χ4v) is 4.12. The van der Waals surface area contributed by atoms with Gasteiger partial charge in [-0.2, -0.15) is 0 Å². The number of hydrazine groups is 2. The lowest BCUT2D eigenvalue weighted by molar-refractivity contribution is -0.134. The van der Waals surface area contributed by atoms with E-state index in [1.807, 2.05) is 37.4 Å². The van der Waals surface area contributed by atoms with E-state index >= 15 is 0 Å². The molecule has 2 amide bonds. The molecule has 0 saturated carbocycles. The number of hydrogen-bond acceptors (Lipinski definition) is 8. The molecule has 0 spiro atoms. The maximum Gasteiger partial charge on any atom is 0.314 e. The molecule has 0 fully saturated rings. The van der Waals surface area contributed by atoms with Crippen molar-refractivity contribution >= 4 is 6.03 Å². The Labute approximate surface area is 210 Å². The molecular weight excluding hydrogens is 446 g/mol. The van der Waals surface area contributed by atoms with Crippen LogP contribution in [0.3, 0.4) is 0 Å². The standard InChI is InChI=1S/C25H45N7O3/c1-24(2,12-13-26)35-25(3,4)18-32-17-20(29-30-32)11-14-27-23(34)28-16-21(31(5)6)15-19-7-9-22(33)10-8-19/h7-10,17,21,29-30,33H,11-16,18,26H2,1-6H3,(H2,27,28,34)/t21-/m0/s1. The van der Waals surface area contributed by atoms with E-state index in [2.05, 4.69) is 54.2 Å². The van der Waals surface area contributed by atoms with E-state index in [1.54, 1.807) is 12.1 Å². The summed E-state index contributed by atoms with van der Waals surface area (Å²) in [5.74, 6) is 0.251. The maximum atomic E-state index is 12.3. The highest BCUT2D eigenvalue weighted by molar-refractivity contribution is 5.73. The van der Waals surface area contributed by atoms with Crippen molar-refractivity contribution in [3.8, 4) is 5.75 Å². The fourth-order valence-electron chi connectivity index (χ4n) is 4.12. The lowest BCUT2D eigenvalue weighted by atomic mass is 10.0. The van der Waals surface area contributed by atoms with Crippen molar-refractivity contribution < 1.29 is 14.6 Å². The summed E-state index contributed by atoms with van der Waals surface area (Å²) in [5, 5.41) is 17.3. The highest BCUT2D eigenvalue weighted by Crippen LogP contribution is 2.24. The van der Waals surface area contributed by atoms with E-state index in [-0.39, 0.29) is 29.0 Å². The number of urea groups is 1. The van der Waals surface area contributed by atoms with Crippen LogP contribution in [0.5, 0.6) is 5.75 Å². The van der Waals surface area contributed by atoms with Crippen molar-refractivity contribution in [2.75, 3.05) is 40.3 Å². The summed E-state index contributed by atoms with van der Waals surface area (Å²) in [5.41, 5.74) is 13.4. The molecule has 198 valence electrons. The second-order valence-corrected chi connectivity index (χ2v) is 10.6. The van der Waals surface area contributed by atoms with Gasteiger partial charge in [0.05, 0.1) is 17.7 Å². The molecule has 10 heteroatoms. The van der Waals surface area contributed by atoms with Gasteiger partial charge < -0.3 is 36.5 Å². The summed E-state index contributed by atoms with van der Waals surface area (Å²) in [6.45, 7) is 10.5. The normalized spacial score (nSPS) is 15.1. The first kappa shape index (κ1) is 28.7. The molecule has 0 aliphatic carbocycles. The van der Waals surface area contributed by atoms with Crippen molar-refractivity contribution in [2.45, 2.75) is 64.2 Å². The number of carbonyl (C=O) groups is 1. The smallest absolute Gasteiger partial charge is 0.314 e. The number of nitrogens with two attached hydrogens (primary N) is 1. The Morgan fingerprint density at radius 3 is 2.49 bits per heavy atom. The molecule has 1 aromatic rings. The number of phenols is 1. The number of ether oxygens (including phenoxy) is 1. The monoisotopic (exact) mass is 491 g/mol. The number of hydrogen-bond donors (Lipinski definition) is 6. The van der Waals surface area contributed by atoms with Crippen LogP contribution in [0.25, 0.3) is 0 Å². The summed E-state index contributed by atoms with van der Waals surface area (Å²) in [6.07, 6.45) is 4.24. The van der Waals surface area contributed by atoms with Crippen LogP contribution in [0.1, 0.15) is 46.1 Å². The summed E-state index contributed by atoms with van der Waals surface area (Å²) in [7, 11) is 3.99. The van der Waals surface area contributed by atoms with Crippen LogP contribution in [0, 0.1) is 0 Å². The average Bonchev–Trinajstić information content (AvgIpc) is 3.17. The second-order valence-electron chi connectivity index (χ2n) is 10.6. The Bertz CT molecular complexity index is 825. The molecule has 35 heavy (non-hydrogen) atoms. The number of amides is 2. The SMILES string of the molecule is CN(C)[C@H](CNC(=O)NCCC1=CN(CC(C)(C)OC(C)(C)CCN)NN1)Cc1ccc(O)cc1. The van der Waals surface area contributed by atoms with Crippen molar-refractivity contribution in [1.82, 2.24) is 31.5 Å². The van der Waals surface area contributed by atoms with Crippen molar-refractivity contribution in [1.29, 1.82) is 0 Å². The van der Waals surface area contributed by atoms with Gasteiger partial charge in [-0.25, -0.2) is 4.79 Å². The van der Waals surface area contributed by atoms with Crippen LogP contribution in [0.15, 0.2) is 36.2 Å². The lowest BCUT2D eigenvalue weighted by Gasteiger charge is -2.38. The molecule has 1 aliphatic heterocycles. The predicted octanol–water partition coefficient (Wildman–Crippen LogP) is 1.64. The van der Waals surface area contributed by atoms with Gasteiger partial charge in [0.1, 0.15) is 5.75 Å². The Hall–Kier alpha value is -2.53. The molecular formula is C25H45N7O3. The zero-order chi connectivity index (χ0) is 26.1. The molecule has 1 atom stereocenters.